The molecular weight excluding hydrogens is 429 g/mol. The Hall–Kier alpha value is -2.68. The van der Waals surface area contributed by atoms with Gasteiger partial charge in [0.05, 0.1) is 0 Å². The van der Waals surface area contributed by atoms with E-state index in [4.69, 9.17) is 5.73 Å². The highest BCUT2D eigenvalue weighted by atomic mass is 127. The molecule has 3 rings (SSSR count). The summed E-state index contributed by atoms with van der Waals surface area (Å²) in [7, 11) is 0. The van der Waals surface area contributed by atoms with Gasteiger partial charge in [-0.05, 0) is 65.9 Å². The van der Waals surface area contributed by atoms with E-state index in [0.29, 0.717) is 22.9 Å². The fourth-order valence-corrected chi connectivity index (χ4v) is 2.58. The summed E-state index contributed by atoms with van der Waals surface area (Å²) in [6.07, 6.45) is 1.43. The van der Waals surface area contributed by atoms with Crippen molar-refractivity contribution in [1.82, 2.24) is 9.97 Å². The first-order valence-electron chi connectivity index (χ1n) is 7.54. The zero-order valence-corrected chi connectivity index (χ0v) is 15.6. The zero-order valence-electron chi connectivity index (χ0n) is 13.5. The van der Waals surface area contributed by atoms with Crippen molar-refractivity contribution in [3.8, 4) is 0 Å². The molecule has 3 aromatic rings. The van der Waals surface area contributed by atoms with Crippen LogP contribution in [0.3, 0.4) is 0 Å². The molecule has 25 heavy (non-hydrogen) atoms. The molecule has 0 fully saturated rings. The summed E-state index contributed by atoms with van der Waals surface area (Å²) in [5.74, 6) is 0.991. The molecule has 4 N–H and O–H groups in total. The summed E-state index contributed by atoms with van der Waals surface area (Å²) in [6, 6.07) is 15.1. The van der Waals surface area contributed by atoms with Crippen LogP contribution in [0, 0.1) is 3.57 Å². The van der Waals surface area contributed by atoms with Crippen molar-refractivity contribution >= 4 is 57.1 Å². The average Bonchev–Trinajstić information content (AvgIpc) is 2.60. The maximum atomic E-state index is 11.5. The van der Waals surface area contributed by atoms with E-state index in [1.54, 1.807) is 18.2 Å². The van der Waals surface area contributed by atoms with Crippen LogP contribution in [-0.4, -0.2) is 15.8 Å². The number of nitrogens with one attached hydrogen (secondary N) is 2. The Bertz CT molecular complexity index is 912. The van der Waals surface area contributed by atoms with Gasteiger partial charge in [-0.25, -0.2) is 9.97 Å². The second-order valence-electron chi connectivity index (χ2n) is 5.38. The first-order valence-corrected chi connectivity index (χ1v) is 8.62. The van der Waals surface area contributed by atoms with E-state index in [9.17, 15) is 4.79 Å². The minimum atomic E-state index is 0.000347. The van der Waals surface area contributed by atoms with Crippen molar-refractivity contribution in [2.45, 2.75) is 6.92 Å². The minimum absolute atomic E-state index is 0.000347. The number of nitrogens with two attached hydrogens (primary N) is 1. The Labute approximate surface area is 159 Å². The highest BCUT2D eigenvalue weighted by Gasteiger charge is 2.09. The molecule has 0 atom stereocenters. The number of ketones is 1. The Morgan fingerprint density at radius 3 is 2.28 bits per heavy atom. The van der Waals surface area contributed by atoms with Crippen molar-refractivity contribution in [1.29, 1.82) is 0 Å². The molecule has 0 saturated carbocycles. The second kappa shape index (κ2) is 7.47. The predicted octanol–water partition coefficient (Wildman–Crippen LogP) is 4.35. The van der Waals surface area contributed by atoms with Gasteiger partial charge in [-0.2, -0.15) is 0 Å². The first kappa shape index (κ1) is 17.2. The number of anilines is 5. The third-order valence-corrected chi connectivity index (χ3v) is 4.24. The molecule has 1 heterocycles. The number of benzene rings is 2. The number of carbonyl (C=O) groups is 1. The van der Waals surface area contributed by atoms with E-state index in [-0.39, 0.29) is 5.78 Å². The molecule has 0 aliphatic carbocycles. The summed E-state index contributed by atoms with van der Waals surface area (Å²) in [6.45, 7) is 1.53. The van der Waals surface area contributed by atoms with Gasteiger partial charge < -0.3 is 16.4 Å². The number of hydrogen-bond donors (Lipinski definition) is 3. The van der Waals surface area contributed by atoms with Gasteiger partial charge in [0.2, 0.25) is 0 Å². The van der Waals surface area contributed by atoms with Crippen LogP contribution in [0.1, 0.15) is 17.3 Å². The highest BCUT2D eigenvalue weighted by molar-refractivity contribution is 14.1. The SMILES string of the molecule is CC(=O)c1cccc(Nc2ncnc(Nc3ccc(I)cc3)c2N)c1. The molecule has 0 amide bonds. The molecule has 6 nitrogen and oxygen atoms in total. The molecule has 0 radical (unpaired) electrons. The van der Waals surface area contributed by atoms with Gasteiger partial charge >= 0.3 is 0 Å². The predicted molar refractivity (Wildman–Crippen MR) is 109 cm³/mol. The van der Waals surface area contributed by atoms with Gasteiger partial charge in [0.1, 0.15) is 12.0 Å². The summed E-state index contributed by atoms with van der Waals surface area (Å²) in [5, 5.41) is 6.31. The third kappa shape index (κ3) is 4.24. The monoisotopic (exact) mass is 445 g/mol. The number of nitrogen functional groups attached to an aromatic ring is 1. The molecular formula is C18H16IN5O. The molecule has 0 bridgehead atoms. The van der Waals surface area contributed by atoms with Gasteiger partial charge in [0.25, 0.3) is 0 Å². The molecule has 0 unspecified atom stereocenters. The fraction of sp³-hybridized carbons (Fsp3) is 0.0556. The standard InChI is InChI=1S/C18H16IN5O/c1-11(25)12-3-2-4-15(9-12)24-18-16(20)17(21-10-22-18)23-14-7-5-13(19)6-8-14/h2-10H,20H2,1H3,(H2,21,22,23,24). The van der Waals surface area contributed by atoms with Crippen LogP contribution in [0.15, 0.2) is 54.9 Å². The normalized spacial score (nSPS) is 10.3. The molecule has 126 valence electrons. The van der Waals surface area contributed by atoms with Crippen LogP contribution >= 0.6 is 22.6 Å². The van der Waals surface area contributed by atoms with E-state index >= 15 is 0 Å². The smallest absolute Gasteiger partial charge is 0.159 e. The molecule has 0 aliphatic heterocycles. The average molecular weight is 445 g/mol. The number of carbonyl (C=O) groups excluding carboxylic acids is 1. The van der Waals surface area contributed by atoms with E-state index in [1.807, 2.05) is 30.3 Å². The lowest BCUT2D eigenvalue weighted by Crippen LogP contribution is -2.05. The van der Waals surface area contributed by atoms with Crippen LogP contribution in [0.5, 0.6) is 0 Å². The van der Waals surface area contributed by atoms with Gasteiger partial charge in [0.15, 0.2) is 17.4 Å². The van der Waals surface area contributed by atoms with Crippen molar-refractivity contribution in [3.63, 3.8) is 0 Å². The van der Waals surface area contributed by atoms with Gasteiger partial charge in [-0.15, -0.1) is 0 Å². The largest absolute Gasteiger partial charge is 0.393 e. The lowest BCUT2D eigenvalue weighted by atomic mass is 10.1. The first-order chi connectivity index (χ1) is 12.0. The zero-order chi connectivity index (χ0) is 17.8. The summed E-state index contributed by atoms with van der Waals surface area (Å²) >= 11 is 2.25. The number of Topliss-reactive ketones (excluding diaryl/α,β-unsaturated/α-hetero) is 1. The van der Waals surface area contributed by atoms with Crippen LogP contribution in [0.2, 0.25) is 0 Å². The highest BCUT2D eigenvalue weighted by Crippen LogP contribution is 2.28. The minimum Gasteiger partial charge on any atom is -0.393 e. The topological polar surface area (TPSA) is 92.9 Å². The van der Waals surface area contributed by atoms with Crippen molar-refractivity contribution < 1.29 is 4.79 Å². The van der Waals surface area contributed by atoms with E-state index in [1.165, 1.54) is 13.3 Å². The van der Waals surface area contributed by atoms with E-state index < -0.39 is 0 Å². The second-order valence-corrected chi connectivity index (χ2v) is 6.62. The lowest BCUT2D eigenvalue weighted by molar-refractivity contribution is 0.101. The molecule has 0 saturated heterocycles. The number of rotatable bonds is 5. The summed E-state index contributed by atoms with van der Waals surface area (Å²) in [4.78, 5) is 19.9. The van der Waals surface area contributed by atoms with Gasteiger partial charge in [-0.1, -0.05) is 12.1 Å². The summed E-state index contributed by atoms with van der Waals surface area (Å²) < 4.78 is 1.14. The van der Waals surface area contributed by atoms with E-state index in [2.05, 4.69) is 43.2 Å². The molecule has 2 aromatic carbocycles. The van der Waals surface area contributed by atoms with Gasteiger partial charge in [0, 0.05) is 20.5 Å². The maximum Gasteiger partial charge on any atom is 0.159 e. The Morgan fingerprint density at radius 1 is 1.00 bits per heavy atom. The van der Waals surface area contributed by atoms with Crippen molar-refractivity contribution in [2.24, 2.45) is 0 Å². The maximum absolute atomic E-state index is 11.5. The lowest BCUT2D eigenvalue weighted by Gasteiger charge is -2.13. The van der Waals surface area contributed by atoms with Crippen LogP contribution in [0.4, 0.5) is 28.7 Å². The molecule has 7 heteroatoms. The van der Waals surface area contributed by atoms with Crippen LogP contribution in [0.25, 0.3) is 0 Å². The van der Waals surface area contributed by atoms with Crippen molar-refractivity contribution in [3.05, 3.63) is 64.0 Å². The number of halogens is 1. The van der Waals surface area contributed by atoms with Crippen LogP contribution < -0.4 is 16.4 Å². The quantitative estimate of drug-likeness (QED) is 0.400. The molecule has 1 aromatic heterocycles. The molecule has 0 spiro atoms. The van der Waals surface area contributed by atoms with Crippen LogP contribution in [-0.2, 0) is 0 Å². The number of hydrogen-bond acceptors (Lipinski definition) is 6. The van der Waals surface area contributed by atoms with Crippen molar-refractivity contribution in [2.75, 3.05) is 16.4 Å². The van der Waals surface area contributed by atoms with E-state index in [0.717, 1.165) is 14.9 Å². The fourth-order valence-electron chi connectivity index (χ4n) is 2.22. The Morgan fingerprint density at radius 2 is 1.64 bits per heavy atom. The number of nitrogens with zero attached hydrogens (tertiary/aromatic N) is 2. The van der Waals surface area contributed by atoms with Gasteiger partial charge in [-0.3, -0.25) is 4.79 Å². The third-order valence-electron chi connectivity index (χ3n) is 3.52. The Kier molecular flexibility index (Phi) is 5.13. The number of aromatic nitrogens is 2. The molecule has 0 aliphatic rings. The Balaban J connectivity index is 1.84. The summed E-state index contributed by atoms with van der Waals surface area (Å²) in [5.41, 5.74) is 8.83.